The molecule has 0 aromatic heterocycles. The summed E-state index contributed by atoms with van der Waals surface area (Å²) >= 11 is 0. The van der Waals surface area contributed by atoms with Gasteiger partial charge in [-0.1, -0.05) is 18.2 Å². The Kier molecular flexibility index (Phi) is 16.1. The van der Waals surface area contributed by atoms with Gasteiger partial charge in [0.25, 0.3) is 5.91 Å². The van der Waals surface area contributed by atoms with Crippen LogP contribution in [0, 0.1) is 0 Å². The molecule has 0 unspecified atom stereocenters. The lowest BCUT2D eigenvalue weighted by atomic mass is 10.2. The van der Waals surface area contributed by atoms with Crippen molar-refractivity contribution in [3.8, 4) is 0 Å². The summed E-state index contributed by atoms with van der Waals surface area (Å²) in [5, 5.41) is 9.67. The average Bonchev–Trinajstić information content (AvgIpc) is 2.58. The molecule has 1 aromatic carbocycles. The maximum absolute atomic E-state index is 11.9. The zero-order chi connectivity index (χ0) is 14.0. The van der Waals surface area contributed by atoms with Crippen molar-refractivity contribution in [2.24, 2.45) is 0 Å². The van der Waals surface area contributed by atoms with Gasteiger partial charge < -0.3 is 20.9 Å². The zero-order valence-corrected chi connectivity index (χ0v) is 15.6. The Morgan fingerprint density at radius 3 is 1.61 bits per heavy atom. The fourth-order valence-corrected chi connectivity index (χ4v) is 2.23. The van der Waals surface area contributed by atoms with Crippen molar-refractivity contribution in [3.63, 3.8) is 0 Å². The van der Waals surface area contributed by atoms with E-state index in [0.29, 0.717) is 0 Å². The van der Waals surface area contributed by atoms with Crippen LogP contribution in [0.1, 0.15) is 10.4 Å². The third-order valence-corrected chi connectivity index (χ3v) is 3.38. The molecule has 2 saturated heterocycles. The smallest absolute Gasteiger partial charge is 0.253 e. The molecular weight excluding hydrogens is 359 g/mol. The lowest BCUT2D eigenvalue weighted by molar-refractivity contribution is 0.0736. The van der Waals surface area contributed by atoms with Crippen LogP contribution >= 0.6 is 37.2 Å². The van der Waals surface area contributed by atoms with Crippen LogP contribution in [0.3, 0.4) is 0 Å². The highest BCUT2D eigenvalue weighted by molar-refractivity contribution is 5.94. The van der Waals surface area contributed by atoms with E-state index in [-0.39, 0.29) is 43.1 Å². The Hall–Kier alpha value is -0.560. The lowest BCUT2D eigenvalue weighted by Crippen LogP contribution is -2.46. The van der Waals surface area contributed by atoms with Gasteiger partial charge in [0.2, 0.25) is 0 Å². The minimum atomic E-state index is 0. The van der Waals surface area contributed by atoms with Gasteiger partial charge in [0.15, 0.2) is 0 Å². The molecule has 0 spiro atoms. The van der Waals surface area contributed by atoms with E-state index in [1.54, 1.807) is 0 Å². The molecule has 1 aromatic rings. The molecule has 0 atom stereocenters. The second kappa shape index (κ2) is 15.0. The van der Waals surface area contributed by atoms with Gasteiger partial charge in [0.1, 0.15) is 0 Å². The third-order valence-electron chi connectivity index (χ3n) is 3.38. The standard InChI is InChI=1S/C11H14N2O.C4H10N2.3ClH/c14-11(10-4-2-1-3-5-10)13-8-6-12-7-9-13;1-2-6-4-3-5-1;;;/h1-5,12H,6-9H2;5-6H,1-4H2;3*1H. The summed E-state index contributed by atoms with van der Waals surface area (Å²) in [5.41, 5.74) is 0.786. The van der Waals surface area contributed by atoms with E-state index >= 15 is 0 Å². The summed E-state index contributed by atoms with van der Waals surface area (Å²) in [7, 11) is 0. The molecule has 0 bridgehead atoms. The number of amides is 1. The number of nitrogens with one attached hydrogen (secondary N) is 3. The van der Waals surface area contributed by atoms with Crippen LogP contribution in [-0.4, -0.2) is 63.2 Å². The van der Waals surface area contributed by atoms with Gasteiger partial charge in [-0.25, -0.2) is 0 Å². The van der Waals surface area contributed by atoms with Crippen LogP contribution in [0.25, 0.3) is 0 Å². The van der Waals surface area contributed by atoms with E-state index in [9.17, 15) is 4.79 Å². The minimum absolute atomic E-state index is 0. The summed E-state index contributed by atoms with van der Waals surface area (Å²) in [6.45, 7) is 7.98. The Labute approximate surface area is 157 Å². The van der Waals surface area contributed by atoms with Crippen LogP contribution in [0.15, 0.2) is 30.3 Å². The first-order valence-corrected chi connectivity index (χ1v) is 7.34. The SMILES string of the molecule is C1CNCCN1.Cl.Cl.Cl.O=C(c1ccccc1)N1CCNCC1. The first-order chi connectivity index (χ1) is 9.88. The van der Waals surface area contributed by atoms with Crippen molar-refractivity contribution in [3.05, 3.63) is 35.9 Å². The number of piperazine rings is 2. The predicted molar refractivity (Wildman–Crippen MR) is 103 cm³/mol. The zero-order valence-electron chi connectivity index (χ0n) is 13.1. The second-order valence-electron chi connectivity index (χ2n) is 4.91. The van der Waals surface area contributed by atoms with Gasteiger partial charge in [-0.2, -0.15) is 0 Å². The van der Waals surface area contributed by atoms with Crippen LogP contribution < -0.4 is 16.0 Å². The quantitative estimate of drug-likeness (QED) is 0.679. The molecule has 3 rings (SSSR count). The fourth-order valence-electron chi connectivity index (χ4n) is 2.23. The van der Waals surface area contributed by atoms with E-state index in [1.807, 2.05) is 35.2 Å². The first-order valence-electron chi connectivity index (χ1n) is 7.34. The van der Waals surface area contributed by atoms with Crippen LogP contribution in [0.2, 0.25) is 0 Å². The molecule has 2 aliphatic heterocycles. The van der Waals surface area contributed by atoms with Crippen molar-refractivity contribution in [2.75, 3.05) is 52.4 Å². The van der Waals surface area contributed by atoms with E-state index in [2.05, 4.69) is 16.0 Å². The van der Waals surface area contributed by atoms with Gasteiger partial charge in [0.05, 0.1) is 0 Å². The first kappa shape index (κ1) is 24.7. The maximum atomic E-state index is 11.9. The highest BCUT2D eigenvalue weighted by Gasteiger charge is 2.16. The number of carbonyl (C=O) groups excluding carboxylic acids is 1. The lowest BCUT2D eigenvalue weighted by Gasteiger charge is -2.27. The van der Waals surface area contributed by atoms with Crippen LogP contribution in [0.5, 0.6) is 0 Å². The minimum Gasteiger partial charge on any atom is -0.336 e. The number of carbonyl (C=O) groups is 1. The number of hydrogen-bond acceptors (Lipinski definition) is 4. The summed E-state index contributed by atoms with van der Waals surface area (Å²) in [6.07, 6.45) is 0. The molecule has 8 heteroatoms. The molecule has 2 aliphatic rings. The molecule has 5 nitrogen and oxygen atoms in total. The van der Waals surface area contributed by atoms with E-state index in [0.717, 1.165) is 57.9 Å². The molecule has 2 fully saturated rings. The van der Waals surface area contributed by atoms with Crippen molar-refractivity contribution in [1.82, 2.24) is 20.9 Å². The summed E-state index contributed by atoms with van der Waals surface area (Å²) < 4.78 is 0. The summed E-state index contributed by atoms with van der Waals surface area (Å²) in [5.74, 6) is 0.145. The molecule has 1 amide bonds. The molecule has 0 aliphatic carbocycles. The normalized spacial score (nSPS) is 16.4. The Morgan fingerprint density at radius 1 is 0.739 bits per heavy atom. The summed E-state index contributed by atoms with van der Waals surface area (Å²) in [4.78, 5) is 13.8. The van der Waals surface area contributed by atoms with Gasteiger partial charge in [-0.15, -0.1) is 37.2 Å². The number of halogens is 3. The van der Waals surface area contributed by atoms with Gasteiger partial charge in [-0.05, 0) is 12.1 Å². The monoisotopic (exact) mass is 384 g/mol. The van der Waals surface area contributed by atoms with Gasteiger partial charge in [-0.3, -0.25) is 4.79 Å². The van der Waals surface area contributed by atoms with Gasteiger partial charge in [0, 0.05) is 57.9 Å². The average molecular weight is 386 g/mol. The predicted octanol–water partition coefficient (Wildman–Crippen LogP) is 1.18. The number of nitrogens with zero attached hydrogens (tertiary/aromatic N) is 1. The van der Waals surface area contributed by atoms with E-state index in [1.165, 1.54) is 0 Å². The van der Waals surface area contributed by atoms with Crippen LogP contribution in [-0.2, 0) is 0 Å². The molecule has 134 valence electrons. The Balaban J connectivity index is 0. The highest BCUT2D eigenvalue weighted by Crippen LogP contribution is 2.05. The third kappa shape index (κ3) is 9.35. The fraction of sp³-hybridized carbons (Fsp3) is 0.533. The molecular formula is C15H27Cl3N4O. The second-order valence-corrected chi connectivity index (χ2v) is 4.91. The molecule has 2 heterocycles. The van der Waals surface area contributed by atoms with E-state index < -0.39 is 0 Å². The largest absolute Gasteiger partial charge is 0.336 e. The molecule has 0 saturated carbocycles. The number of benzene rings is 1. The highest BCUT2D eigenvalue weighted by atomic mass is 35.5. The van der Waals surface area contributed by atoms with Crippen molar-refractivity contribution >= 4 is 43.1 Å². The van der Waals surface area contributed by atoms with Gasteiger partial charge >= 0.3 is 0 Å². The maximum Gasteiger partial charge on any atom is 0.253 e. The van der Waals surface area contributed by atoms with Crippen molar-refractivity contribution in [1.29, 1.82) is 0 Å². The molecule has 23 heavy (non-hydrogen) atoms. The number of rotatable bonds is 1. The Morgan fingerprint density at radius 2 is 1.17 bits per heavy atom. The molecule has 3 N–H and O–H groups in total. The van der Waals surface area contributed by atoms with Crippen molar-refractivity contribution < 1.29 is 4.79 Å². The summed E-state index contributed by atoms with van der Waals surface area (Å²) in [6, 6.07) is 9.45. The Bertz CT molecular complexity index is 387. The molecule has 0 radical (unpaired) electrons. The van der Waals surface area contributed by atoms with Crippen LogP contribution in [0.4, 0.5) is 0 Å². The van der Waals surface area contributed by atoms with E-state index in [4.69, 9.17) is 0 Å². The number of hydrogen-bond donors (Lipinski definition) is 3. The topological polar surface area (TPSA) is 56.4 Å². The van der Waals surface area contributed by atoms with Crippen molar-refractivity contribution in [2.45, 2.75) is 0 Å².